The van der Waals surface area contributed by atoms with Gasteiger partial charge in [-0.3, -0.25) is 10.1 Å². The van der Waals surface area contributed by atoms with Gasteiger partial charge in [-0.05, 0) is 46.8 Å². The Hall–Kier alpha value is -1.12. The smallest absolute Gasteiger partial charge is 0.387 e. The van der Waals surface area contributed by atoms with Crippen molar-refractivity contribution in [2.24, 2.45) is 0 Å². The number of halogens is 4. The normalized spacial score (nSPS) is 11.1. The van der Waals surface area contributed by atoms with Gasteiger partial charge >= 0.3 is 12.3 Å². The van der Waals surface area contributed by atoms with Crippen molar-refractivity contribution < 1.29 is 23.2 Å². The van der Waals surface area contributed by atoms with E-state index in [1.165, 1.54) is 23.1 Å². The monoisotopic (exact) mass is 591 g/mol. The molecule has 12 heteroatoms. The molecule has 0 radical (unpaired) electrons. The van der Waals surface area contributed by atoms with Crippen LogP contribution in [-0.4, -0.2) is 36.0 Å². The lowest BCUT2D eigenvalue weighted by atomic mass is 10.3. The number of hydrogen-bond acceptors (Lipinski definition) is 5. The highest BCUT2D eigenvalue weighted by Crippen LogP contribution is 2.25. The molecule has 0 unspecified atom stereocenters. The van der Waals surface area contributed by atoms with Crippen molar-refractivity contribution in [1.29, 1.82) is 0 Å². The topological polar surface area (TPSA) is 79.4 Å². The van der Waals surface area contributed by atoms with Crippen molar-refractivity contribution in [3.8, 4) is 5.75 Å². The Morgan fingerprint density at radius 3 is 2.57 bits per heavy atom. The molecule has 7 nitrogen and oxygen atoms in total. The van der Waals surface area contributed by atoms with Crippen molar-refractivity contribution >= 4 is 52.3 Å². The van der Waals surface area contributed by atoms with Crippen molar-refractivity contribution in [2.45, 2.75) is 39.0 Å². The molecule has 0 bridgehead atoms. The van der Waals surface area contributed by atoms with Crippen LogP contribution in [0.15, 0.2) is 35.1 Å². The van der Waals surface area contributed by atoms with Gasteiger partial charge in [-0.2, -0.15) is 13.9 Å². The van der Waals surface area contributed by atoms with Crippen LogP contribution in [0.3, 0.4) is 0 Å². The lowest BCUT2D eigenvalue weighted by molar-refractivity contribution is -0.385. The van der Waals surface area contributed by atoms with Gasteiger partial charge in [0.1, 0.15) is 24.9 Å². The summed E-state index contributed by atoms with van der Waals surface area (Å²) in [4.78, 5) is 9.93. The zero-order valence-electron chi connectivity index (χ0n) is 15.6. The first-order valence-corrected chi connectivity index (χ1v) is 13.7. The van der Waals surface area contributed by atoms with Crippen LogP contribution >= 0.6 is 38.5 Å². The molecule has 1 heterocycles. The Kier molecular flexibility index (Phi) is 10.5. The second kappa shape index (κ2) is 11.8. The number of nitro groups is 1. The van der Waals surface area contributed by atoms with Gasteiger partial charge in [0.2, 0.25) is 0 Å². The molecule has 0 atom stereocenters. The molecule has 0 saturated heterocycles. The van der Waals surface area contributed by atoms with Gasteiger partial charge in [-0.25, -0.2) is 4.68 Å². The number of rotatable bonds is 8. The van der Waals surface area contributed by atoms with E-state index >= 15 is 0 Å². The Bertz CT molecular complexity index is 775. The summed E-state index contributed by atoms with van der Waals surface area (Å²) in [5.41, 5.74) is -0.00574. The lowest BCUT2D eigenvalue weighted by Crippen LogP contribution is -2.22. The maximum Gasteiger partial charge on any atom is 0.387 e. The zero-order chi connectivity index (χ0) is 21.3. The summed E-state index contributed by atoms with van der Waals surface area (Å²) in [6.07, 6.45) is 2.59. The quantitative estimate of drug-likeness (QED) is 0.128. The fraction of sp³-hybridized carbons (Fsp3) is 0.438. The van der Waals surface area contributed by atoms with Crippen LogP contribution in [0.5, 0.6) is 5.75 Å². The maximum atomic E-state index is 11.8. The summed E-state index contributed by atoms with van der Waals surface area (Å²) in [6, 6.07) is 5.94. The van der Waals surface area contributed by atoms with Gasteiger partial charge in [0.25, 0.3) is 0 Å². The SMILES string of the molecule is C[Si](C)(C)CCOCn1cc([N+](=O)[O-])cn1.FC(F)Oc1ccc(Br)cc1I. The van der Waals surface area contributed by atoms with Crippen molar-refractivity contribution in [3.63, 3.8) is 0 Å². The van der Waals surface area contributed by atoms with E-state index in [4.69, 9.17) is 4.74 Å². The molecule has 0 N–H and O–H groups in total. The van der Waals surface area contributed by atoms with Gasteiger partial charge in [-0.15, -0.1) is 0 Å². The van der Waals surface area contributed by atoms with Gasteiger partial charge in [-0.1, -0.05) is 35.6 Å². The highest BCUT2D eigenvalue weighted by atomic mass is 127. The molecular formula is C16H21BrF2IN3O4Si. The van der Waals surface area contributed by atoms with Crippen LogP contribution in [0.25, 0.3) is 0 Å². The molecule has 1 aromatic heterocycles. The maximum absolute atomic E-state index is 11.8. The molecule has 0 spiro atoms. The second-order valence-electron chi connectivity index (χ2n) is 6.80. The zero-order valence-corrected chi connectivity index (χ0v) is 20.3. The first-order valence-electron chi connectivity index (χ1n) is 8.12. The molecule has 0 aliphatic carbocycles. The summed E-state index contributed by atoms with van der Waals surface area (Å²) in [6.45, 7) is 5.01. The summed E-state index contributed by atoms with van der Waals surface area (Å²) < 4.78 is 36.1. The Morgan fingerprint density at radius 1 is 1.39 bits per heavy atom. The fourth-order valence-electron chi connectivity index (χ4n) is 1.72. The van der Waals surface area contributed by atoms with E-state index < -0.39 is 19.6 Å². The minimum Gasteiger partial charge on any atom is -0.434 e. The molecule has 0 aliphatic heterocycles. The predicted octanol–water partition coefficient (Wildman–Crippen LogP) is 5.76. The number of alkyl halides is 2. The van der Waals surface area contributed by atoms with E-state index in [0.717, 1.165) is 10.5 Å². The molecule has 0 saturated carbocycles. The van der Waals surface area contributed by atoms with E-state index in [1.54, 1.807) is 12.1 Å². The van der Waals surface area contributed by atoms with Crippen molar-refractivity contribution in [1.82, 2.24) is 9.78 Å². The van der Waals surface area contributed by atoms with E-state index in [-0.39, 0.29) is 18.2 Å². The van der Waals surface area contributed by atoms with Crippen LogP contribution in [0.2, 0.25) is 25.7 Å². The van der Waals surface area contributed by atoms with E-state index in [1.807, 2.05) is 22.6 Å². The predicted molar refractivity (Wildman–Crippen MR) is 116 cm³/mol. The Balaban J connectivity index is 0.000000292. The molecule has 0 fully saturated rings. The molecule has 1 aromatic carbocycles. The summed E-state index contributed by atoms with van der Waals surface area (Å²) >= 11 is 5.15. The number of benzene rings is 1. The van der Waals surface area contributed by atoms with Crippen molar-refractivity contribution in [2.75, 3.05) is 6.61 Å². The highest BCUT2D eigenvalue weighted by Gasteiger charge is 2.13. The number of hydrogen-bond donors (Lipinski definition) is 0. The third-order valence-electron chi connectivity index (χ3n) is 3.16. The van der Waals surface area contributed by atoms with Gasteiger partial charge in [0.15, 0.2) is 0 Å². The van der Waals surface area contributed by atoms with Crippen molar-refractivity contribution in [3.05, 3.63) is 48.8 Å². The van der Waals surface area contributed by atoms with E-state index in [9.17, 15) is 18.9 Å². The first-order chi connectivity index (χ1) is 13.0. The molecule has 156 valence electrons. The van der Waals surface area contributed by atoms with E-state index in [0.29, 0.717) is 10.2 Å². The highest BCUT2D eigenvalue weighted by molar-refractivity contribution is 14.1. The average Bonchev–Trinajstić information content (AvgIpc) is 3.03. The number of ether oxygens (including phenoxy) is 2. The first kappa shape index (κ1) is 24.9. The van der Waals surface area contributed by atoms with Crippen LogP contribution in [0, 0.1) is 13.7 Å². The summed E-state index contributed by atoms with van der Waals surface area (Å²) in [7, 11) is -1.07. The second-order valence-corrected chi connectivity index (χ2v) is 14.5. The summed E-state index contributed by atoms with van der Waals surface area (Å²) in [5, 5.41) is 14.2. The van der Waals surface area contributed by atoms with Gasteiger partial charge in [0, 0.05) is 19.2 Å². The average molecular weight is 592 g/mol. The van der Waals surface area contributed by atoms with Gasteiger partial charge in [0.05, 0.1) is 8.49 Å². The lowest BCUT2D eigenvalue weighted by Gasteiger charge is -2.15. The van der Waals surface area contributed by atoms with Crippen LogP contribution in [0.4, 0.5) is 14.5 Å². The Labute approximate surface area is 184 Å². The summed E-state index contributed by atoms with van der Waals surface area (Å²) in [5.74, 6) is 0.203. The molecule has 0 aliphatic rings. The third kappa shape index (κ3) is 10.4. The van der Waals surface area contributed by atoms with E-state index in [2.05, 4.69) is 45.4 Å². The molecule has 2 rings (SSSR count). The third-order valence-corrected chi connectivity index (χ3v) is 6.20. The molecule has 28 heavy (non-hydrogen) atoms. The molecule has 2 aromatic rings. The minimum absolute atomic E-state index is 0.00574. The minimum atomic E-state index is -2.76. The standard InChI is InChI=1S/C9H17N3O3Si.C7H4BrF2IO/c1-16(2,3)5-4-15-8-11-7-9(6-10-11)12(13)14;8-4-1-2-6(5(11)3-4)12-7(9)10/h6-7H,4-5,8H2,1-3H3;1-3,7H. The number of nitrogens with zero attached hydrogens (tertiary/aromatic N) is 3. The van der Waals surface area contributed by atoms with Crippen LogP contribution < -0.4 is 4.74 Å². The fourth-order valence-corrected chi connectivity index (χ4v) is 3.91. The largest absolute Gasteiger partial charge is 0.434 e. The van der Waals surface area contributed by atoms with Crippen LogP contribution in [-0.2, 0) is 11.5 Å². The van der Waals surface area contributed by atoms with Gasteiger partial charge < -0.3 is 9.47 Å². The molecule has 0 amide bonds. The molecular weight excluding hydrogens is 571 g/mol. The Morgan fingerprint density at radius 2 is 2.07 bits per heavy atom. The van der Waals surface area contributed by atoms with Crippen LogP contribution in [0.1, 0.15) is 0 Å². The number of aromatic nitrogens is 2.